The molecule has 2 rings (SSSR count). The van der Waals surface area contributed by atoms with E-state index in [1.807, 2.05) is 12.1 Å². The molecule has 0 spiro atoms. The van der Waals surface area contributed by atoms with Crippen LogP contribution in [-0.2, 0) is 0 Å². The topological polar surface area (TPSA) is 12.9 Å². The Balaban J connectivity index is 2.50. The summed E-state index contributed by atoms with van der Waals surface area (Å²) in [5.74, 6) is -0.252. The fourth-order valence-corrected chi connectivity index (χ4v) is 1.83. The van der Waals surface area contributed by atoms with Crippen LogP contribution in [0.5, 0.6) is 0 Å². The molecule has 0 saturated heterocycles. The Morgan fingerprint density at radius 1 is 1.20 bits per heavy atom. The second kappa shape index (κ2) is 4.45. The molecule has 1 aromatic heterocycles. The highest BCUT2D eigenvalue weighted by atomic mass is 127. The predicted molar refractivity (Wildman–Crippen MR) is 67.4 cm³/mol. The monoisotopic (exact) mass is 333 g/mol. The Morgan fingerprint density at radius 3 is 2.67 bits per heavy atom. The first-order chi connectivity index (χ1) is 7.16. The summed E-state index contributed by atoms with van der Waals surface area (Å²) in [5.41, 5.74) is 1.67. The Labute approximate surface area is 105 Å². The first kappa shape index (κ1) is 10.8. The van der Waals surface area contributed by atoms with Crippen LogP contribution in [0.3, 0.4) is 0 Å². The largest absolute Gasteiger partial charge is 0.243 e. The van der Waals surface area contributed by atoms with Crippen molar-refractivity contribution in [3.05, 3.63) is 51.1 Å². The van der Waals surface area contributed by atoms with E-state index in [9.17, 15) is 4.39 Å². The quantitative estimate of drug-likeness (QED) is 0.564. The van der Waals surface area contributed by atoms with Gasteiger partial charge >= 0.3 is 0 Å². The van der Waals surface area contributed by atoms with Crippen molar-refractivity contribution in [2.45, 2.75) is 0 Å². The van der Waals surface area contributed by atoms with Crippen LogP contribution in [0.2, 0.25) is 5.15 Å². The molecule has 0 unspecified atom stereocenters. The molecule has 0 bridgehead atoms. The zero-order valence-corrected chi connectivity index (χ0v) is 10.5. The lowest BCUT2D eigenvalue weighted by Gasteiger charge is -2.02. The first-order valence-electron chi connectivity index (χ1n) is 4.24. The molecule has 15 heavy (non-hydrogen) atoms. The molecule has 0 N–H and O–H groups in total. The van der Waals surface area contributed by atoms with Gasteiger partial charge in [0.25, 0.3) is 0 Å². The fraction of sp³-hybridized carbons (Fsp3) is 0. The highest BCUT2D eigenvalue weighted by molar-refractivity contribution is 14.1. The third-order valence-corrected chi connectivity index (χ3v) is 3.40. The number of halogens is 3. The number of rotatable bonds is 1. The highest BCUT2D eigenvalue weighted by Crippen LogP contribution is 2.24. The van der Waals surface area contributed by atoms with Gasteiger partial charge in [-0.3, -0.25) is 0 Å². The second-order valence-corrected chi connectivity index (χ2v) is 4.53. The van der Waals surface area contributed by atoms with Crippen molar-refractivity contribution in [2.75, 3.05) is 0 Å². The van der Waals surface area contributed by atoms with Crippen LogP contribution in [0.25, 0.3) is 11.1 Å². The zero-order chi connectivity index (χ0) is 10.8. The number of benzene rings is 1. The first-order valence-corrected chi connectivity index (χ1v) is 5.69. The van der Waals surface area contributed by atoms with Gasteiger partial charge in [-0.05, 0) is 46.4 Å². The fourth-order valence-electron chi connectivity index (χ4n) is 1.25. The van der Waals surface area contributed by atoms with Crippen molar-refractivity contribution in [1.29, 1.82) is 0 Å². The van der Waals surface area contributed by atoms with E-state index in [1.54, 1.807) is 12.3 Å². The maximum Gasteiger partial charge on any atom is 0.142 e. The molecule has 0 fully saturated rings. The van der Waals surface area contributed by atoms with E-state index in [0.29, 0.717) is 5.15 Å². The standard InChI is InChI=1S/C11H6ClFIN/c12-11-10(14)5-8(6-15-11)7-2-1-3-9(13)4-7/h1-6H. The van der Waals surface area contributed by atoms with Gasteiger partial charge < -0.3 is 0 Å². The number of nitrogens with zero attached hydrogens (tertiary/aromatic N) is 1. The summed E-state index contributed by atoms with van der Waals surface area (Å²) >= 11 is 7.90. The van der Waals surface area contributed by atoms with E-state index in [4.69, 9.17) is 11.6 Å². The molecule has 0 aliphatic rings. The number of hydrogen-bond acceptors (Lipinski definition) is 1. The molecule has 1 aromatic carbocycles. The Morgan fingerprint density at radius 2 is 2.00 bits per heavy atom. The Bertz CT molecular complexity index is 502. The summed E-state index contributed by atoms with van der Waals surface area (Å²) in [5, 5.41) is 0.468. The average Bonchev–Trinajstić information content (AvgIpc) is 2.22. The summed E-state index contributed by atoms with van der Waals surface area (Å²) in [4.78, 5) is 4.02. The van der Waals surface area contributed by atoms with Gasteiger partial charge in [0.1, 0.15) is 11.0 Å². The lowest BCUT2D eigenvalue weighted by Crippen LogP contribution is -1.85. The lowest BCUT2D eigenvalue weighted by molar-refractivity contribution is 0.628. The van der Waals surface area contributed by atoms with Gasteiger partial charge in [0.05, 0.1) is 3.57 Å². The maximum absolute atomic E-state index is 13.0. The number of aromatic nitrogens is 1. The molecule has 4 heteroatoms. The second-order valence-electron chi connectivity index (χ2n) is 3.01. The summed E-state index contributed by atoms with van der Waals surface area (Å²) < 4.78 is 13.8. The molecule has 1 heterocycles. The molecule has 1 nitrogen and oxygen atoms in total. The summed E-state index contributed by atoms with van der Waals surface area (Å²) in [6, 6.07) is 8.28. The molecule has 0 amide bonds. The van der Waals surface area contributed by atoms with Crippen LogP contribution in [-0.4, -0.2) is 4.98 Å². The van der Waals surface area contributed by atoms with E-state index in [0.717, 1.165) is 14.7 Å². The van der Waals surface area contributed by atoms with E-state index >= 15 is 0 Å². The molecule has 0 atom stereocenters. The van der Waals surface area contributed by atoms with Crippen molar-refractivity contribution in [3.63, 3.8) is 0 Å². The third kappa shape index (κ3) is 2.46. The zero-order valence-electron chi connectivity index (χ0n) is 7.55. The highest BCUT2D eigenvalue weighted by Gasteiger charge is 2.03. The van der Waals surface area contributed by atoms with Crippen LogP contribution in [0, 0.1) is 9.39 Å². The van der Waals surface area contributed by atoms with E-state index < -0.39 is 0 Å². The van der Waals surface area contributed by atoms with Crippen LogP contribution >= 0.6 is 34.2 Å². The van der Waals surface area contributed by atoms with Crippen LogP contribution < -0.4 is 0 Å². The molecular formula is C11H6ClFIN. The Kier molecular flexibility index (Phi) is 3.21. The molecule has 0 aliphatic carbocycles. The van der Waals surface area contributed by atoms with Crippen molar-refractivity contribution < 1.29 is 4.39 Å². The van der Waals surface area contributed by atoms with Crippen molar-refractivity contribution >= 4 is 34.2 Å². The van der Waals surface area contributed by atoms with Gasteiger partial charge in [0.15, 0.2) is 0 Å². The SMILES string of the molecule is Fc1cccc(-c2cnc(Cl)c(I)c2)c1. The smallest absolute Gasteiger partial charge is 0.142 e. The number of hydrogen-bond donors (Lipinski definition) is 0. The maximum atomic E-state index is 13.0. The van der Waals surface area contributed by atoms with Gasteiger partial charge in [-0.1, -0.05) is 23.7 Å². The minimum atomic E-state index is -0.252. The van der Waals surface area contributed by atoms with E-state index in [1.165, 1.54) is 12.1 Å². The minimum Gasteiger partial charge on any atom is -0.243 e. The van der Waals surface area contributed by atoms with Gasteiger partial charge in [0, 0.05) is 11.8 Å². The van der Waals surface area contributed by atoms with Crippen LogP contribution in [0.1, 0.15) is 0 Å². The number of pyridine rings is 1. The summed E-state index contributed by atoms with van der Waals surface area (Å²) in [6.45, 7) is 0. The van der Waals surface area contributed by atoms with Gasteiger partial charge in [-0.25, -0.2) is 9.37 Å². The van der Waals surface area contributed by atoms with E-state index in [-0.39, 0.29) is 5.82 Å². The van der Waals surface area contributed by atoms with Gasteiger partial charge in [-0.15, -0.1) is 0 Å². The molecular weight excluding hydrogens is 327 g/mol. The molecule has 0 saturated carbocycles. The minimum absolute atomic E-state index is 0.252. The summed E-state index contributed by atoms with van der Waals surface area (Å²) in [6.07, 6.45) is 1.64. The molecule has 76 valence electrons. The predicted octanol–water partition coefficient (Wildman–Crippen LogP) is 4.15. The van der Waals surface area contributed by atoms with Crippen molar-refractivity contribution in [3.8, 4) is 11.1 Å². The Hall–Kier alpha value is -0.680. The molecule has 2 aromatic rings. The van der Waals surface area contributed by atoms with Crippen LogP contribution in [0.15, 0.2) is 36.5 Å². The van der Waals surface area contributed by atoms with Gasteiger partial charge in [0.2, 0.25) is 0 Å². The molecule has 0 aliphatic heterocycles. The average molecular weight is 334 g/mol. The van der Waals surface area contributed by atoms with E-state index in [2.05, 4.69) is 27.6 Å². The lowest BCUT2D eigenvalue weighted by atomic mass is 10.1. The van der Waals surface area contributed by atoms with Gasteiger partial charge in [-0.2, -0.15) is 0 Å². The van der Waals surface area contributed by atoms with Crippen molar-refractivity contribution in [2.24, 2.45) is 0 Å². The molecule has 0 radical (unpaired) electrons. The normalized spacial score (nSPS) is 10.3. The van der Waals surface area contributed by atoms with Crippen LogP contribution in [0.4, 0.5) is 4.39 Å². The summed E-state index contributed by atoms with van der Waals surface area (Å²) in [7, 11) is 0. The third-order valence-electron chi connectivity index (χ3n) is 1.95. The van der Waals surface area contributed by atoms with Crippen molar-refractivity contribution in [1.82, 2.24) is 4.98 Å².